The Bertz CT molecular complexity index is 554. The van der Waals surface area contributed by atoms with Gasteiger partial charge in [0.1, 0.15) is 0 Å². The smallest absolute Gasteiger partial charge is 0.227 e. The predicted molar refractivity (Wildman–Crippen MR) is 74.1 cm³/mol. The molecule has 1 aromatic carbocycles. The first-order valence-electron chi connectivity index (χ1n) is 7.10. The van der Waals surface area contributed by atoms with Crippen LogP contribution in [0.1, 0.15) is 48.8 Å². The van der Waals surface area contributed by atoms with Gasteiger partial charge in [-0.1, -0.05) is 19.1 Å². The summed E-state index contributed by atoms with van der Waals surface area (Å²) in [7, 11) is 0. The molecule has 2 aliphatic heterocycles. The summed E-state index contributed by atoms with van der Waals surface area (Å²) >= 11 is 0. The van der Waals surface area contributed by atoms with E-state index in [4.69, 9.17) is 0 Å². The largest absolute Gasteiger partial charge is 0.312 e. The molecule has 1 atom stereocenters. The van der Waals surface area contributed by atoms with Crippen LogP contribution in [0.2, 0.25) is 0 Å². The summed E-state index contributed by atoms with van der Waals surface area (Å²) in [6.45, 7) is 2.91. The molecule has 0 N–H and O–H groups in total. The molecular weight excluding hydrogens is 236 g/mol. The van der Waals surface area contributed by atoms with E-state index < -0.39 is 0 Å². The first-order chi connectivity index (χ1) is 9.24. The molecule has 0 radical (unpaired) electrons. The molecule has 0 bridgehead atoms. The molecular formula is C16H18N2O. The van der Waals surface area contributed by atoms with E-state index in [1.165, 1.54) is 11.1 Å². The summed E-state index contributed by atoms with van der Waals surface area (Å²) in [5, 5.41) is 9.24. The molecule has 1 aromatic rings. The number of rotatable bonds is 2. The second kappa shape index (κ2) is 4.70. The Morgan fingerprint density at radius 1 is 1.32 bits per heavy atom. The van der Waals surface area contributed by atoms with Crippen molar-refractivity contribution in [2.75, 3.05) is 11.4 Å². The fraction of sp³-hybridized carbons (Fsp3) is 0.500. The Morgan fingerprint density at radius 2 is 2.05 bits per heavy atom. The van der Waals surface area contributed by atoms with Crippen LogP contribution in [0.25, 0.3) is 0 Å². The van der Waals surface area contributed by atoms with Crippen molar-refractivity contribution in [1.82, 2.24) is 0 Å². The maximum absolute atomic E-state index is 12.0. The zero-order valence-electron chi connectivity index (χ0n) is 11.3. The first kappa shape index (κ1) is 12.2. The van der Waals surface area contributed by atoms with Crippen LogP contribution in [-0.4, -0.2) is 12.5 Å². The van der Waals surface area contributed by atoms with E-state index in [9.17, 15) is 10.1 Å². The van der Waals surface area contributed by atoms with Crippen molar-refractivity contribution in [2.24, 2.45) is 0 Å². The van der Waals surface area contributed by atoms with Crippen LogP contribution in [0, 0.1) is 11.3 Å². The Labute approximate surface area is 113 Å². The van der Waals surface area contributed by atoms with E-state index in [-0.39, 0.29) is 11.8 Å². The summed E-state index contributed by atoms with van der Waals surface area (Å²) in [5.74, 6) is 0.239. The highest BCUT2D eigenvalue weighted by Crippen LogP contribution is 2.38. The number of amides is 1. The van der Waals surface area contributed by atoms with Gasteiger partial charge in [-0.2, -0.15) is 5.26 Å². The number of benzene rings is 1. The minimum atomic E-state index is -0.0189. The lowest BCUT2D eigenvalue weighted by molar-refractivity contribution is -0.119. The SMILES string of the molecule is CCC(C#N)c1cc2c3c(c1)CCC(=O)N3CCC2. The Hall–Kier alpha value is -1.82. The third-order valence-corrected chi connectivity index (χ3v) is 4.26. The van der Waals surface area contributed by atoms with E-state index >= 15 is 0 Å². The van der Waals surface area contributed by atoms with E-state index in [0.29, 0.717) is 6.42 Å². The van der Waals surface area contributed by atoms with Crippen LogP contribution in [0.3, 0.4) is 0 Å². The van der Waals surface area contributed by atoms with Crippen molar-refractivity contribution >= 4 is 11.6 Å². The van der Waals surface area contributed by atoms with Gasteiger partial charge in [-0.3, -0.25) is 4.79 Å². The Kier molecular flexibility index (Phi) is 3.02. The maximum atomic E-state index is 12.0. The molecule has 3 nitrogen and oxygen atoms in total. The molecule has 0 spiro atoms. The maximum Gasteiger partial charge on any atom is 0.227 e. The fourth-order valence-corrected chi connectivity index (χ4v) is 3.28. The van der Waals surface area contributed by atoms with Gasteiger partial charge in [0.05, 0.1) is 17.7 Å². The van der Waals surface area contributed by atoms with E-state index in [2.05, 4.69) is 25.1 Å². The third kappa shape index (κ3) is 1.92. The predicted octanol–water partition coefficient (Wildman–Crippen LogP) is 2.93. The molecule has 0 saturated heterocycles. The average molecular weight is 254 g/mol. The quantitative estimate of drug-likeness (QED) is 0.814. The molecule has 0 aliphatic carbocycles. The topological polar surface area (TPSA) is 44.1 Å². The standard InChI is InChI=1S/C16H18N2O/c1-2-11(10-17)14-8-12-4-3-7-18-15(19)6-5-13(9-14)16(12)18/h8-9,11H,2-7H2,1H3. The zero-order valence-corrected chi connectivity index (χ0v) is 11.3. The van der Waals surface area contributed by atoms with Gasteiger partial charge in [-0.15, -0.1) is 0 Å². The number of aryl methyl sites for hydroxylation is 2. The minimum absolute atomic E-state index is 0.0189. The molecule has 3 heteroatoms. The van der Waals surface area contributed by atoms with Crippen molar-refractivity contribution in [3.8, 4) is 6.07 Å². The summed E-state index contributed by atoms with van der Waals surface area (Å²) < 4.78 is 0. The van der Waals surface area contributed by atoms with Gasteiger partial charge in [0, 0.05) is 13.0 Å². The lowest BCUT2D eigenvalue weighted by Crippen LogP contribution is -2.39. The highest BCUT2D eigenvalue weighted by Gasteiger charge is 2.30. The molecule has 3 rings (SSSR count). The van der Waals surface area contributed by atoms with Crippen LogP contribution in [0.4, 0.5) is 5.69 Å². The number of nitrogens with zero attached hydrogens (tertiary/aromatic N) is 2. The van der Waals surface area contributed by atoms with Gasteiger partial charge >= 0.3 is 0 Å². The molecule has 2 heterocycles. The average Bonchev–Trinajstić information content (AvgIpc) is 2.44. The zero-order chi connectivity index (χ0) is 13.4. The molecule has 98 valence electrons. The van der Waals surface area contributed by atoms with Crippen LogP contribution in [0.15, 0.2) is 12.1 Å². The number of hydrogen-bond donors (Lipinski definition) is 0. The fourth-order valence-electron chi connectivity index (χ4n) is 3.28. The minimum Gasteiger partial charge on any atom is -0.312 e. The summed E-state index contributed by atoms with van der Waals surface area (Å²) in [5.41, 5.74) is 4.81. The van der Waals surface area contributed by atoms with Gasteiger partial charge < -0.3 is 4.90 Å². The van der Waals surface area contributed by atoms with Crippen LogP contribution in [0.5, 0.6) is 0 Å². The van der Waals surface area contributed by atoms with E-state index in [0.717, 1.165) is 43.5 Å². The lowest BCUT2D eigenvalue weighted by Gasteiger charge is -2.35. The van der Waals surface area contributed by atoms with Gasteiger partial charge in [0.15, 0.2) is 0 Å². The number of carbonyl (C=O) groups excluding carboxylic acids is 1. The number of anilines is 1. The van der Waals surface area contributed by atoms with Crippen LogP contribution >= 0.6 is 0 Å². The van der Waals surface area contributed by atoms with Gasteiger partial charge in [0.2, 0.25) is 5.91 Å². The second-order valence-corrected chi connectivity index (χ2v) is 5.43. The summed E-state index contributed by atoms with van der Waals surface area (Å²) in [6, 6.07) is 6.69. The Morgan fingerprint density at radius 3 is 2.74 bits per heavy atom. The van der Waals surface area contributed by atoms with Crippen molar-refractivity contribution in [3.05, 3.63) is 28.8 Å². The molecule has 19 heavy (non-hydrogen) atoms. The Balaban J connectivity index is 2.12. The monoisotopic (exact) mass is 254 g/mol. The number of nitriles is 1. The molecule has 1 amide bonds. The molecule has 0 saturated carbocycles. The van der Waals surface area contributed by atoms with E-state index in [1.807, 2.05) is 4.90 Å². The van der Waals surface area contributed by atoms with Gasteiger partial charge in [-0.05, 0) is 42.4 Å². The summed E-state index contributed by atoms with van der Waals surface area (Å²) in [6.07, 6.45) is 4.34. The number of hydrogen-bond acceptors (Lipinski definition) is 2. The van der Waals surface area contributed by atoms with Crippen molar-refractivity contribution in [1.29, 1.82) is 5.26 Å². The first-order valence-corrected chi connectivity index (χ1v) is 7.10. The third-order valence-electron chi connectivity index (χ3n) is 4.26. The lowest BCUT2D eigenvalue weighted by atomic mass is 9.86. The molecule has 0 fully saturated rings. The second-order valence-electron chi connectivity index (χ2n) is 5.43. The van der Waals surface area contributed by atoms with Crippen molar-refractivity contribution in [3.63, 3.8) is 0 Å². The van der Waals surface area contributed by atoms with Crippen LogP contribution in [-0.2, 0) is 17.6 Å². The number of carbonyl (C=O) groups is 1. The summed E-state index contributed by atoms with van der Waals surface area (Å²) in [4.78, 5) is 13.9. The highest BCUT2D eigenvalue weighted by atomic mass is 16.2. The van der Waals surface area contributed by atoms with E-state index in [1.54, 1.807) is 0 Å². The van der Waals surface area contributed by atoms with Crippen molar-refractivity contribution < 1.29 is 4.79 Å². The molecule has 1 unspecified atom stereocenters. The molecule has 0 aromatic heterocycles. The highest BCUT2D eigenvalue weighted by molar-refractivity contribution is 5.97. The normalized spacial score (nSPS) is 18.7. The van der Waals surface area contributed by atoms with Gasteiger partial charge in [-0.25, -0.2) is 0 Å². The van der Waals surface area contributed by atoms with Gasteiger partial charge in [0.25, 0.3) is 0 Å². The molecule has 2 aliphatic rings. The van der Waals surface area contributed by atoms with Crippen molar-refractivity contribution in [2.45, 2.75) is 44.9 Å². The van der Waals surface area contributed by atoms with Crippen LogP contribution < -0.4 is 4.90 Å².